The molecule has 0 fully saturated rings. The summed E-state index contributed by atoms with van der Waals surface area (Å²) in [5.41, 5.74) is 2.62. The Labute approximate surface area is 97.2 Å². The van der Waals surface area contributed by atoms with E-state index in [1.165, 1.54) is 0 Å². The molecule has 0 saturated carbocycles. The lowest BCUT2D eigenvalue weighted by atomic mass is 10.1. The lowest BCUT2D eigenvalue weighted by Gasteiger charge is -2.20. The Morgan fingerprint density at radius 3 is 2.31 bits per heavy atom. The van der Waals surface area contributed by atoms with Gasteiger partial charge >= 0.3 is 0 Å². The van der Waals surface area contributed by atoms with E-state index in [2.05, 4.69) is 10.6 Å². The average molecular weight is 220 g/mol. The number of carbonyl (C=O) groups excluding carboxylic acids is 1. The number of benzene rings is 1. The smallest absolute Gasteiger partial charge is 0.251 e. The van der Waals surface area contributed by atoms with Crippen molar-refractivity contribution in [2.45, 2.75) is 33.2 Å². The van der Waals surface area contributed by atoms with Crippen LogP contribution in [-0.2, 0) is 0 Å². The van der Waals surface area contributed by atoms with Gasteiger partial charge in [0.15, 0.2) is 0 Å². The van der Waals surface area contributed by atoms with Crippen LogP contribution < -0.4 is 10.6 Å². The number of anilines is 1. The van der Waals surface area contributed by atoms with Crippen molar-refractivity contribution < 1.29 is 4.79 Å². The van der Waals surface area contributed by atoms with Crippen molar-refractivity contribution in [3.8, 4) is 0 Å². The molecule has 16 heavy (non-hydrogen) atoms. The van der Waals surface area contributed by atoms with Crippen LogP contribution in [0.15, 0.2) is 18.2 Å². The van der Waals surface area contributed by atoms with Crippen LogP contribution in [0.4, 0.5) is 5.69 Å². The van der Waals surface area contributed by atoms with Crippen LogP contribution in [0.1, 0.15) is 36.7 Å². The molecule has 1 amide bonds. The van der Waals surface area contributed by atoms with Crippen molar-refractivity contribution in [2.75, 3.05) is 12.4 Å². The van der Waals surface area contributed by atoms with Crippen LogP contribution >= 0.6 is 0 Å². The van der Waals surface area contributed by atoms with Gasteiger partial charge in [0.2, 0.25) is 0 Å². The summed E-state index contributed by atoms with van der Waals surface area (Å²) in [5.74, 6) is -0.0294. The molecule has 0 unspecified atom stereocenters. The molecule has 2 N–H and O–H groups in total. The van der Waals surface area contributed by atoms with Gasteiger partial charge < -0.3 is 10.6 Å². The van der Waals surface area contributed by atoms with Gasteiger partial charge in [-0.05, 0) is 51.5 Å². The second-order valence-electron chi connectivity index (χ2n) is 4.98. The van der Waals surface area contributed by atoms with Crippen LogP contribution in [0.5, 0.6) is 0 Å². The summed E-state index contributed by atoms with van der Waals surface area (Å²) in [4.78, 5) is 11.9. The third-order valence-corrected chi connectivity index (χ3v) is 2.25. The highest BCUT2D eigenvalue weighted by Crippen LogP contribution is 2.16. The van der Waals surface area contributed by atoms with Crippen LogP contribution in [-0.4, -0.2) is 18.5 Å². The average Bonchev–Trinajstić information content (AvgIpc) is 2.15. The maximum absolute atomic E-state index is 11.9. The van der Waals surface area contributed by atoms with Crippen LogP contribution in [0.2, 0.25) is 0 Å². The minimum Gasteiger partial charge on any atom is -0.388 e. The fourth-order valence-electron chi connectivity index (χ4n) is 1.50. The second-order valence-corrected chi connectivity index (χ2v) is 4.98. The Morgan fingerprint density at radius 2 is 1.88 bits per heavy atom. The SMILES string of the molecule is CNc1ccc(C(=O)NC(C)(C)C)cc1C. The molecular weight excluding hydrogens is 200 g/mol. The van der Waals surface area contributed by atoms with Gasteiger partial charge in [0.1, 0.15) is 0 Å². The molecule has 0 atom stereocenters. The third-order valence-electron chi connectivity index (χ3n) is 2.25. The summed E-state index contributed by atoms with van der Waals surface area (Å²) in [6, 6.07) is 5.65. The molecule has 1 aromatic carbocycles. The number of hydrogen-bond acceptors (Lipinski definition) is 2. The van der Waals surface area contributed by atoms with E-state index in [1.807, 2.05) is 52.9 Å². The molecule has 1 aromatic rings. The van der Waals surface area contributed by atoms with Crippen molar-refractivity contribution in [3.63, 3.8) is 0 Å². The second kappa shape index (κ2) is 4.56. The fraction of sp³-hybridized carbons (Fsp3) is 0.462. The summed E-state index contributed by atoms with van der Waals surface area (Å²) in [7, 11) is 1.87. The Hall–Kier alpha value is -1.51. The molecule has 0 radical (unpaired) electrons. The summed E-state index contributed by atoms with van der Waals surface area (Å²) < 4.78 is 0. The van der Waals surface area contributed by atoms with Gasteiger partial charge in [0, 0.05) is 23.8 Å². The minimum atomic E-state index is -0.202. The van der Waals surface area contributed by atoms with Crippen molar-refractivity contribution in [3.05, 3.63) is 29.3 Å². The Kier molecular flexibility index (Phi) is 3.58. The largest absolute Gasteiger partial charge is 0.388 e. The van der Waals surface area contributed by atoms with Gasteiger partial charge in [-0.3, -0.25) is 4.79 Å². The number of nitrogens with one attached hydrogen (secondary N) is 2. The molecule has 0 spiro atoms. The standard InChI is InChI=1S/C13H20N2O/c1-9-8-10(6-7-11(9)14-5)12(16)15-13(2,3)4/h6-8,14H,1-5H3,(H,15,16). The summed E-state index contributed by atoms with van der Waals surface area (Å²) in [6.45, 7) is 7.90. The van der Waals surface area contributed by atoms with E-state index in [0.717, 1.165) is 11.3 Å². The summed E-state index contributed by atoms with van der Waals surface area (Å²) in [5, 5.41) is 6.02. The molecule has 3 nitrogen and oxygen atoms in total. The highest BCUT2D eigenvalue weighted by Gasteiger charge is 2.15. The molecule has 0 saturated heterocycles. The summed E-state index contributed by atoms with van der Waals surface area (Å²) in [6.07, 6.45) is 0. The van der Waals surface area contributed by atoms with E-state index in [-0.39, 0.29) is 11.4 Å². The highest BCUT2D eigenvalue weighted by molar-refractivity contribution is 5.95. The lowest BCUT2D eigenvalue weighted by molar-refractivity contribution is 0.0919. The zero-order valence-corrected chi connectivity index (χ0v) is 10.6. The van der Waals surface area contributed by atoms with Gasteiger partial charge in [-0.1, -0.05) is 0 Å². The highest BCUT2D eigenvalue weighted by atomic mass is 16.1. The minimum absolute atomic E-state index is 0.0294. The van der Waals surface area contributed by atoms with Crippen LogP contribution in [0.3, 0.4) is 0 Å². The normalized spacial score (nSPS) is 11.1. The maximum Gasteiger partial charge on any atom is 0.251 e. The van der Waals surface area contributed by atoms with Gasteiger partial charge in [0.25, 0.3) is 5.91 Å². The summed E-state index contributed by atoms with van der Waals surface area (Å²) >= 11 is 0. The molecule has 3 heteroatoms. The number of hydrogen-bond donors (Lipinski definition) is 2. The Morgan fingerprint density at radius 1 is 1.25 bits per heavy atom. The van der Waals surface area contributed by atoms with Gasteiger partial charge in [-0.2, -0.15) is 0 Å². The van der Waals surface area contributed by atoms with Crippen LogP contribution in [0.25, 0.3) is 0 Å². The zero-order chi connectivity index (χ0) is 12.3. The van der Waals surface area contributed by atoms with Crippen molar-refractivity contribution >= 4 is 11.6 Å². The molecule has 0 aliphatic heterocycles. The van der Waals surface area contributed by atoms with E-state index in [0.29, 0.717) is 5.56 Å². The van der Waals surface area contributed by atoms with Gasteiger partial charge in [-0.15, -0.1) is 0 Å². The van der Waals surface area contributed by atoms with Crippen LogP contribution in [0, 0.1) is 6.92 Å². The van der Waals surface area contributed by atoms with E-state index in [1.54, 1.807) is 0 Å². The number of carbonyl (C=O) groups is 1. The molecular formula is C13H20N2O. The van der Waals surface area contributed by atoms with E-state index in [9.17, 15) is 4.79 Å². The topological polar surface area (TPSA) is 41.1 Å². The number of aryl methyl sites for hydroxylation is 1. The predicted octanol–water partition coefficient (Wildman–Crippen LogP) is 2.57. The first-order valence-corrected chi connectivity index (χ1v) is 5.44. The quantitative estimate of drug-likeness (QED) is 0.804. The van der Waals surface area contributed by atoms with Gasteiger partial charge in [0.05, 0.1) is 0 Å². The predicted molar refractivity (Wildman–Crippen MR) is 67.9 cm³/mol. The molecule has 0 heterocycles. The van der Waals surface area contributed by atoms with Crippen molar-refractivity contribution in [1.82, 2.24) is 5.32 Å². The maximum atomic E-state index is 11.9. The third kappa shape index (κ3) is 3.26. The van der Waals surface area contributed by atoms with Crippen molar-refractivity contribution in [1.29, 1.82) is 0 Å². The first-order valence-electron chi connectivity index (χ1n) is 5.44. The first-order chi connectivity index (χ1) is 7.33. The molecule has 0 aliphatic rings. The lowest BCUT2D eigenvalue weighted by Crippen LogP contribution is -2.40. The first kappa shape index (κ1) is 12.6. The molecule has 1 rings (SSSR count). The Bertz CT molecular complexity index is 391. The molecule has 88 valence electrons. The van der Waals surface area contributed by atoms with E-state index < -0.39 is 0 Å². The monoisotopic (exact) mass is 220 g/mol. The van der Waals surface area contributed by atoms with E-state index >= 15 is 0 Å². The van der Waals surface area contributed by atoms with E-state index in [4.69, 9.17) is 0 Å². The zero-order valence-electron chi connectivity index (χ0n) is 10.6. The van der Waals surface area contributed by atoms with Crippen molar-refractivity contribution in [2.24, 2.45) is 0 Å². The fourth-order valence-corrected chi connectivity index (χ4v) is 1.50. The molecule has 0 aliphatic carbocycles. The van der Waals surface area contributed by atoms with Gasteiger partial charge in [-0.25, -0.2) is 0 Å². The number of amides is 1. The Balaban J connectivity index is 2.89. The number of rotatable bonds is 2. The molecule has 0 aromatic heterocycles. The molecule has 0 bridgehead atoms.